The smallest absolute Gasteiger partial charge is 0.315 e. The maximum Gasteiger partial charge on any atom is 0.315 e. The first-order valence-electron chi connectivity index (χ1n) is 6.99. The van der Waals surface area contributed by atoms with Gasteiger partial charge >= 0.3 is 6.03 Å². The van der Waals surface area contributed by atoms with Gasteiger partial charge in [0.1, 0.15) is 0 Å². The second-order valence-corrected chi connectivity index (χ2v) is 5.72. The van der Waals surface area contributed by atoms with Crippen molar-refractivity contribution in [1.82, 2.24) is 10.6 Å². The van der Waals surface area contributed by atoms with Crippen molar-refractivity contribution < 1.29 is 4.79 Å². The molecule has 0 atom stereocenters. The molecule has 2 saturated carbocycles. The van der Waals surface area contributed by atoms with Gasteiger partial charge in [-0.2, -0.15) is 0 Å². The summed E-state index contributed by atoms with van der Waals surface area (Å²) in [5.41, 5.74) is 6.02. The normalized spacial score (nSPS) is 23.8. The molecular formula is C13H25N3O. The summed E-state index contributed by atoms with van der Waals surface area (Å²) in [4.78, 5) is 11.8. The van der Waals surface area contributed by atoms with Crippen LogP contribution >= 0.6 is 0 Å². The first-order valence-corrected chi connectivity index (χ1v) is 6.99. The lowest BCUT2D eigenvalue weighted by molar-refractivity contribution is 0.225. The zero-order valence-electron chi connectivity index (χ0n) is 10.6. The zero-order chi connectivity index (χ0) is 12.1. The van der Waals surface area contributed by atoms with E-state index in [-0.39, 0.29) is 11.4 Å². The van der Waals surface area contributed by atoms with Crippen LogP contribution in [-0.2, 0) is 0 Å². The Balaban J connectivity index is 1.71. The van der Waals surface area contributed by atoms with Gasteiger partial charge in [-0.15, -0.1) is 0 Å². The van der Waals surface area contributed by atoms with Gasteiger partial charge in [-0.05, 0) is 32.2 Å². The third-order valence-electron chi connectivity index (χ3n) is 4.41. The summed E-state index contributed by atoms with van der Waals surface area (Å²) in [6.45, 7) is 1.43. The minimum Gasteiger partial charge on any atom is -0.338 e. The highest BCUT2D eigenvalue weighted by Gasteiger charge is 2.32. The van der Waals surface area contributed by atoms with Crippen molar-refractivity contribution in [1.29, 1.82) is 0 Å². The molecule has 0 aromatic carbocycles. The second kappa shape index (κ2) is 5.71. The molecule has 0 radical (unpaired) electrons. The molecule has 0 saturated heterocycles. The van der Waals surface area contributed by atoms with E-state index in [4.69, 9.17) is 5.73 Å². The number of rotatable bonds is 4. The average molecular weight is 239 g/mol. The molecule has 4 N–H and O–H groups in total. The molecule has 0 aromatic rings. The van der Waals surface area contributed by atoms with Crippen LogP contribution in [0.25, 0.3) is 0 Å². The van der Waals surface area contributed by atoms with E-state index in [2.05, 4.69) is 10.6 Å². The van der Waals surface area contributed by atoms with Crippen LogP contribution in [0.1, 0.15) is 51.4 Å². The maximum absolute atomic E-state index is 11.8. The van der Waals surface area contributed by atoms with Gasteiger partial charge in [0.15, 0.2) is 0 Å². The highest BCUT2D eigenvalue weighted by atomic mass is 16.2. The lowest BCUT2D eigenvalue weighted by Gasteiger charge is -2.27. The van der Waals surface area contributed by atoms with E-state index in [1.807, 2.05) is 0 Å². The minimum absolute atomic E-state index is 0.00313. The Labute approximate surface area is 104 Å². The summed E-state index contributed by atoms with van der Waals surface area (Å²) in [6.07, 6.45) is 9.59. The molecule has 0 heterocycles. The second-order valence-electron chi connectivity index (χ2n) is 5.72. The Kier molecular flexibility index (Phi) is 4.26. The van der Waals surface area contributed by atoms with Crippen LogP contribution in [0.2, 0.25) is 0 Å². The monoisotopic (exact) mass is 239 g/mol. The van der Waals surface area contributed by atoms with Gasteiger partial charge in [-0.3, -0.25) is 0 Å². The van der Waals surface area contributed by atoms with Crippen molar-refractivity contribution in [3.8, 4) is 0 Å². The van der Waals surface area contributed by atoms with Crippen molar-refractivity contribution >= 4 is 6.03 Å². The maximum atomic E-state index is 11.8. The van der Waals surface area contributed by atoms with Gasteiger partial charge in [-0.25, -0.2) is 4.79 Å². The van der Waals surface area contributed by atoms with Gasteiger partial charge in [0, 0.05) is 18.0 Å². The Bertz CT molecular complexity index is 255. The van der Waals surface area contributed by atoms with Crippen LogP contribution in [0.15, 0.2) is 0 Å². The summed E-state index contributed by atoms with van der Waals surface area (Å²) in [6, 6.07) is 0.393. The van der Waals surface area contributed by atoms with Crippen LogP contribution < -0.4 is 16.4 Å². The molecule has 98 valence electrons. The van der Waals surface area contributed by atoms with Crippen molar-refractivity contribution in [2.24, 2.45) is 11.1 Å². The molecule has 0 spiro atoms. The van der Waals surface area contributed by atoms with E-state index < -0.39 is 0 Å². The minimum atomic E-state index is -0.00313. The van der Waals surface area contributed by atoms with E-state index in [1.165, 1.54) is 25.7 Å². The zero-order valence-corrected chi connectivity index (χ0v) is 10.6. The first-order chi connectivity index (χ1) is 8.24. The van der Waals surface area contributed by atoms with Gasteiger partial charge < -0.3 is 16.4 Å². The van der Waals surface area contributed by atoms with E-state index in [0.717, 1.165) is 32.2 Å². The SMILES string of the molecule is NCC1(CNC(=O)NC2CCCC2)CCCC1. The predicted octanol–water partition coefficient (Wildman–Crippen LogP) is 1.75. The van der Waals surface area contributed by atoms with Crippen LogP contribution in [-0.4, -0.2) is 25.2 Å². The topological polar surface area (TPSA) is 67.1 Å². The fourth-order valence-corrected chi connectivity index (χ4v) is 3.15. The van der Waals surface area contributed by atoms with Crippen molar-refractivity contribution in [3.05, 3.63) is 0 Å². The molecule has 2 aliphatic rings. The third kappa shape index (κ3) is 3.35. The first kappa shape index (κ1) is 12.7. The molecule has 4 nitrogen and oxygen atoms in total. The van der Waals surface area contributed by atoms with Gasteiger partial charge in [0.25, 0.3) is 0 Å². The Hall–Kier alpha value is -0.770. The number of nitrogens with two attached hydrogens (primary N) is 1. The van der Waals surface area contributed by atoms with Crippen LogP contribution in [0.4, 0.5) is 4.79 Å². The predicted molar refractivity (Wildman–Crippen MR) is 68.7 cm³/mol. The standard InChI is InChI=1S/C13H25N3O/c14-9-13(7-3-4-8-13)10-15-12(17)16-11-5-1-2-6-11/h11H,1-10,14H2,(H2,15,16,17). The Morgan fingerprint density at radius 3 is 2.41 bits per heavy atom. The summed E-state index contributed by atoms with van der Waals surface area (Å²) in [7, 11) is 0. The molecule has 0 aromatic heterocycles. The summed E-state index contributed by atoms with van der Waals surface area (Å²) >= 11 is 0. The van der Waals surface area contributed by atoms with Gasteiger partial charge in [0.2, 0.25) is 0 Å². The van der Waals surface area contributed by atoms with Crippen molar-refractivity contribution in [3.63, 3.8) is 0 Å². The molecule has 0 aliphatic heterocycles. The number of carbonyl (C=O) groups is 1. The molecular weight excluding hydrogens is 214 g/mol. The highest BCUT2D eigenvalue weighted by Crippen LogP contribution is 2.36. The van der Waals surface area contributed by atoms with E-state index in [9.17, 15) is 4.79 Å². The quantitative estimate of drug-likeness (QED) is 0.699. The highest BCUT2D eigenvalue weighted by molar-refractivity contribution is 5.74. The Morgan fingerprint density at radius 1 is 1.18 bits per heavy atom. The molecule has 2 rings (SSSR count). The molecule has 2 fully saturated rings. The fourth-order valence-electron chi connectivity index (χ4n) is 3.15. The largest absolute Gasteiger partial charge is 0.338 e. The van der Waals surface area contributed by atoms with Crippen LogP contribution in [0.3, 0.4) is 0 Å². The lowest BCUT2D eigenvalue weighted by Crippen LogP contribution is -2.46. The summed E-state index contributed by atoms with van der Waals surface area (Å²) < 4.78 is 0. The number of amides is 2. The van der Waals surface area contributed by atoms with Gasteiger partial charge in [0.05, 0.1) is 0 Å². The fraction of sp³-hybridized carbons (Fsp3) is 0.923. The number of nitrogens with one attached hydrogen (secondary N) is 2. The molecule has 2 aliphatic carbocycles. The van der Waals surface area contributed by atoms with Crippen LogP contribution in [0.5, 0.6) is 0 Å². The molecule has 17 heavy (non-hydrogen) atoms. The van der Waals surface area contributed by atoms with E-state index in [1.54, 1.807) is 0 Å². The number of carbonyl (C=O) groups excluding carboxylic acids is 1. The number of hydrogen-bond acceptors (Lipinski definition) is 2. The number of urea groups is 1. The Morgan fingerprint density at radius 2 is 1.82 bits per heavy atom. The van der Waals surface area contributed by atoms with Crippen molar-refractivity contribution in [2.75, 3.05) is 13.1 Å². The lowest BCUT2D eigenvalue weighted by atomic mass is 9.86. The van der Waals surface area contributed by atoms with Crippen LogP contribution in [0, 0.1) is 5.41 Å². The van der Waals surface area contributed by atoms with E-state index in [0.29, 0.717) is 12.6 Å². The molecule has 0 bridgehead atoms. The molecule has 2 amide bonds. The molecule has 4 heteroatoms. The van der Waals surface area contributed by atoms with Crippen molar-refractivity contribution in [2.45, 2.75) is 57.4 Å². The number of hydrogen-bond donors (Lipinski definition) is 3. The average Bonchev–Trinajstić information content (AvgIpc) is 2.98. The van der Waals surface area contributed by atoms with Gasteiger partial charge in [-0.1, -0.05) is 25.7 Å². The third-order valence-corrected chi connectivity index (χ3v) is 4.41. The summed E-state index contributed by atoms with van der Waals surface area (Å²) in [5.74, 6) is 0. The van der Waals surface area contributed by atoms with E-state index >= 15 is 0 Å². The molecule has 0 unspecified atom stereocenters. The summed E-state index contributed by atoms with van der Waals surface area (Å²) in [5, 5.41) is 6.07.